The monoisotopic (exact) mass is 454 g/mol. The molecule has 0 aromatic rings. The summed E-state index contributed by atoms with van der Waals surface area (Å²) in [6.45, 7) is 7.49. The van der Waals surface area contributed by atoms with Gasteiger partial charge in [0, 0.05) is 6.42 Å². The van der Waals surface area contributed by atoms with Crippen molar-refractivity contribution in [2.75, 3.05) is 13.2 Å². The van der Waals surface area contributed by atoms with E-state index in [1.807, 2.05) is 0 Å². The Hall–Kier alpha value is -1.06. The number of hydrogen-bond acceptors (Lipinski definition) is 4. The molecule has 0 aromatic heterocycles. The van der Waals surface area contributed by atoms with E-state index in [0.717, 1.165) is 57.8 Å². The van der Waals surface area contributed by atoms with Crippen LogP contribution in [0.25, 0.3) is 0 Å². The lowest BCUT2D eigenvalue weighted by Crippen LogP contribution is -2.17. The molecule has 0 aromatic carbocycles. The average Bonchev–Trinajstić information content (AvgIpc) is 2.79. The van der Waals surface area contributed by atoms with Gasteiger partial charge in [0.1, 0.15) is 0 Å². The normalized spacial score (nSPS) is 12.0. The predicted octanol–water partition coefficient (Wildman–Crippen LogP) is 8.55. The molecular weight excluding hydrogens is 400 g/mol. The summed E-state index contributed by atoms with van der Waals surface area (Å²) in [5.74, 6) is 0.103. The van der Waals surface area contributed by atoms with E-state index in [2.05, 4.69) is 20.8 Å². The highest BCUT2D eigenvalue weighted by Crippen LogP contribution is 2.18. The molecule has 4 nitrogen and oxygen atoms in total. The zero-order valence-electron chi connectivity index (χ0n) is 21.8. The van der Waals surface area contributed by atoms with Crippen molar-refractivity contribution in [1.82, 2.24) is 0 Å². The lowest BCUT2D eigenvalue weighted by Gasteiger charge is -2.13. The summed E-state index contributed by atoms with van der Waals surface area (Å²) in [5, 5.41) is 0. The van der Waals surface area contributed by atoms with Crippen molar-refractivity contribution in [2.24, 2.45) is 5.92 Å². The first kappa shape index (κ1) is 30.9. The van der Waals surface area contributed by atoms with Crippen molar-refractivity contribution in [1.29, 1.82) is 0 Å². The van der Waals surface area contributed by atoms with Crippen LogP contribution in [0.2, 0.25) is 0 Å². The lowest BCUT2D eigenvalue weighted by atomic mass is 9.97. The van der Waals surface area contributed by atoms with Crippen LogP contribution in [0, 0.1) is 5.92 Å². The minimum atomic E-state index is -0.0199. The molecular formula is C28H54O4. The molecule has 0 radical (unpaired) electrons. The highest BCUT2D eigenvalue weighted by Gasteiger charge is 2.17. The summed E-state index contributed by atoms with van der Waals surface area (Å²) in [6.07, 6.45) is 23.0. The summed E-state index contributed by atoms with van der Waals surface area (Å²) in [6, 6.07) is 0. The number of carbonyl (C=O) groups excluding carboxylic acids is 2. The number of rotatable bonds is 24. The summed E-state index contributed by atoms with van der Waals surface area (Å²) < 4.78 is 10.6. The van der Waals surface area contributed by atoms with E-state index in [0.29, 0.717) is 19.6 Å². The highest BCUT2D eigenvalue weighted by molar-refractivity contribution is 5.72. The van der Waals surface area contributed by atoms with Gasteiger partial charge in [-0.25, -0.2) is 0 Å². The van der Waals surface area contributed by atoms with Gasteiger partial charge < -0.3 is 9.47 Å². The topological polar surface area (TPSA) is 52.6 Å². The van der Waals surface area contributed by atoms with Gasteiger partial charge in [-0.1, -0.05) is 111 Å². The van der Waals surface area contributed by atoms with E-state index < -0.39 is 0 Å². The molecule has 0 fully saturated rings. The van der Waals surface area contributed by atoms with Gasteiger partial charge in [0.05, 0.1) is 19.1 Å². The Kier molecular flexibility index (Phi) is 23.8. The molecule has 190 valence electrons. The van der Waals surface area contributed by atoms with E-state index in [1.165, 1.54) is 64.2 Å². The molecule has 1 atom stereocenters. The van der Waals surface area contributed by atoms with Crippen LogP contribution in [0.4, 0.5) is 0 Å². The minimum absolute atomic E-state index is 0.0193. The van der Waals surface area contributed by atoms with E-state index >= 15 is 0 Å². The summed E-state index contributed by atoms with van der Waals surface area (Å²) in [5.41, 5.74) is 0. The van der Waals surface area contributed by atoms with E-state index in [4.69, 9.17) is 9.47 Å². The first-order chi connectivity index (χ1) is 15.7. The minimum Gasteiger partial charge on any atom is -0.466 e. The lowest BCUT2D eigenvalue weighted by molar-refractivity contribution is -0.149. The van der Waals surface area contributed by atoms with Gasteiger partial charge in [0.15, 0.2) is 0 Å². The smallest absolute Gasteiger partial charge is 0.308 e. The van der Waals surface area contributed by atoms with Crippen LogP contribution in [0.5, 0.6) is 0 Å². The molecule has 0 amide bonds. The maximum atomic E-state index is 12.0. The Morgan fingerprint density at radius 3 is 1.47 bits per heavy atom. The molecule has 0 heterocycles. The number of carbonyl (C=O) groups is 2. The fourth-order valence-electron chi connectivity index (χ4n) is 3.93. The molecule has 0 aliphatic carbocycles. The van der Waals surface area contributed by atoms with Crippen LogP contribution in [0.3, 0.4) is 0 Å². The number of esters is 2. The molecule has 0 saturated heterocycles. The molecule has 0 bridgehead atoms. The maximum absolute atomic E-state index is 12.0. The van der Waals surface area contributed by atoms with E-state index in [-0.39, 0.29) is 17.9 Å². The Morgan fingerprint density at radius 1 is 0.562 bits per heavy atom. The van der Waals surface area contributed by atoms with Gasteiger partial charge in [-0.05, 0) is 32.1 Å². The molecule has 0 spiro atoms. The zero-order valence-corrected chi connectivity index (χ0v) is 21.8. The molecule has 0 saturated carbocycles. The van der Waals surface area contributed by atoms with Gasteiger partial charge >= 0.3 is 11.9 Å². The SMILES string of the molecule is CCCCOC(=O)CCCCCCCCCCCCCCCC(CC)C(=O)OCCCC. The van der Waals surface area contributed by atoms with Crippen molar-refractivity contribution in [3.8, 4) is 0 Å². The Morgan fingerprint density at radius 2 is 1.00 bits per heavy atom. The first-order valence-corrected chi connectivity index (χ1v) is 14.0. The molecule has 4 heteroatoms. The van der Waals surface area contributed by atoms with Crippen molar-refractivity contribution in [3.63, 3.8) is 0 Å². The largest absolute Gasteiger partial charge is 0.466 e. The number of ether oxygens (including phenoxy) is 2. The molecule has 32 heavy (non-hydrogen) atoms. The van der Waals surface area contributed by atoms with Crippen molar-refractivity contribution in [2.45, 2.75) is 149 Å². The van der Waals surface area contributed by atoms with Crippen molar-refractivity contribution >= 4 is 11.9 Å². The Bertz CT molecular complexity index is 422. The fraction of sp³-hybridized carbons (Fsp3) is 0.929. The molecule has 0 N–H and O–H groups in total. The van der Waals surface area contributed by atoms with Crippen molar-refractivity contribution < 1.29 is 19.1 Å². The van der Waals surface area contributed by atoms with Crippen LogP contribution in [-0.4, -0.2) is 25.2 Å². The van der Waals surface area contributed by atoms with E-state index in [1.54, 1.807) is 0 Å². The third kappa shape index (κ3) is 20.8. The first-order valence-electron chi connectivity index (χ1n) is 14.0. The number of hydrogen-bond donors (Lipinski definition) is 0. The van der Waals surface area contributed by atoms with Gasteiger partial charge in [-0.3, -0.25) is 9.59 Å². The summed E-state index contributed by atoms with van der Waals surface area (Å²) >= 11 is 0. The van der Waals surface area contributed by atoms with Crippen LogP contribution in [0.15, 0.2) is 0 Å². The third-order valence-electron chi connectivity index (χ3n) is 6.26. The maximum Gasteiger partial charge on any atom is 0.308 e. The second-order valence-electron chi connectivity index (χ2n) is 9.34. The Labute approximate surface area is 199 Å². The quantitative estimate of drug-likeness (QED) is 0.108. The second-order valence-corrected chi connectivity index (χ2v) is 9.34. The van der Waals surface area contributed by atoms with Gasteiger partial charge in [-0.15, -0.1) is 0 Å². The van der Waals surface area contributed by atoms with Crippen LogP contribution < -0.4 is 0 Å². The van der Waals surface area contributed by atoms with E-state index in [9.17, 15) is 9.59 Å². The fourth-order valence-corrected chi connectivity index (χ4v) is 3.93. The number of unbranched alkanes of at least 4 members (excludes halogenated alkanes) is 14. The Balaban J connectivity index is 3.33. The highest BCUT2D eigenvalue weighted by atomic mass is 16.5. The van der Waals surface area contributed by atoms with Crippen LogP contribution in [0.1, 0.15) is 149 Å². The zero-order chi connectivity index (χ0) is 23.7. The molecule has 0 rings (SSSR count). The standard InChI is InChI=1S/C28H54O4/c1-4-7-24-31-27(29)23-21-19-17-15-13-11-9-10-12-14-16-18-20-22-26(6-3)28(30)32-25-8-5-2/h26H,4-25H2,1-3H3. The molecule has 1 unspecified atom stereocenters. The molecule has 0 aliphatic rings. The van der Waals surface area contributed by atoms with Crippen LogP contribution in [-0.2, 0) is 19.1 Å². The summed E-state index contributed by atoms with van der Waals surface area (Å²) in [4.78, 5) is 23.6. The third-order valence-corrected chi connectivity index (χ3v) is 6.26. The predicted molar refractivity (Wildman–Crippen MR) is 135 cm³/mol. The van der Waals surface area contributed by atoms with Gasteiger partial charge in [0.25, 0.3) is 0 Å². The van der Waals surface area contributed by atoms with Gasteiger partial charge in [0.2, 0.25) is 0 Å². The molecule has 0 aliphatic heterocycles. The van der Waals surface area contributed by atoms with Gasteiger partial charge in [-0.2, -0.15) is 0 Å². The van der Waals surface area contributed by atoms with Crippen molar-refractivity contribution in [3.05, 3.63) is 0 Å². The summed E-state index contributed by atoms with van der Waals surface area (Å²) in [7, 11) is 0. The van der Waals surface area contributed by atoms with Crippen LogP contribution >= 0.6 is 0 Å². The average molecular weight is 455 g/mol. The second kappa shape index (κ2) is 24.6.